The number of aromatic nitrogens is 1. The van der Waals surface area contributed by atoms with Crippen molar-refractivity contribution in [3.05, 3.63) is 11.1 Å². The number of anilines is 1. The second-order valence-electron chi connectivity index (χ2n) is 3.88. The Balaban J connectivity index is 2.45. The average molecular weight is 315 g/mol. The molecule has 1 rings (SSSR count). The van der Waals surface area contributed by atoms with Crippen LogP contribution in [0.4, 0.5) is 5.13 Å². The minimum atomic E-state index is -0.317. The lowest BCUT2D eigenvalue weighted by Crippen LogP contribution is -2.33. The summed E-state index contributed by atoms with van der Waals surface area (Å²) < 4.78 is 4.84. The molecule has 0 bridgehead atoms. The van der Waals surface area contributed by atoms with E-state index in [4.69, 9.17) is 17.0 Å². The molecule has 1 aromatic rings. The Labute approximate surface area is 126 Å². The van der Waals surface area contributed by atoms with Crippen LogP contribution in [-0.4, -0.2) is 28.6 Å². The van der Waals surface area contributed by atoms with Crippen molar-refractivity contribution in [2.45, 2.75) is 33.1 Å². The van der Waals surface area contributed by atoms with E-state index in [2.05, 4.69) is 15.6 Å². The van der Waals surface area contributed by atoms with E-state index in [1.165, 1.54) is 11.3 Å². The molecule has 1 aromatic heterocycles. The average Bonchev–Trinajstić information content (AvgIpc) is 2.76. The van der Waals surface area contributed by atoms with E-state index in [1.807, 2.05) is 6.92 Å². The van der Waals surface area contributed by atoms with Crippen molar-refractivity contribution >= 4 is 45.7 Å². The number of nitrogens with one attached hydrogen (secondary N) is 2. The minimum absolute atomic E-state index is 0.126. The fourth-order valence-corrected chi connectivity index (χ4v) is 2.34. The third kappa shape index (κ3) is 6.07. The SMILES string of the molecule is CCCC(=O)NC(=S)Nc1nc(CC(=O)OCC)cs1. The van der Waals surface area contributed by atoms with Crippen LogP contribution in [-0.2, 0) is 20.7 Å². The van der Waals surface area contributed by atoms with Crippen LogP contribution in [0.15, 0.2) is 5.38 Å². The molecule has 2 N–H and O–H groups in total. The first-order valence-electron chi connectivity index (χ1n) is 6.26. The van der Waals surface area contributed by atoms with Gasteiger partial charge in [-0.1, -0.05) is 6.92 Å². The van der Waals surface area contributed by atoms with Crippen molar-refractivity contribution in [2.75, 3.05) is 11.9 Å². The topological polar surface area (TPSA) is 80.3 Å². The van der Waals surface area contributed by atoms with Crippen molar-refractivity contribution in [3.63, 3.8) is 0 Å². The van der Waals surface area contributed by atoms with Crippen LogP contribution in [0.3, 0.4) is 0 Å². The number of amides is 1. The van der Waals surface area contributed by atoms with Crippen molar-refractivity contribution in [1.29, 1.82) is 0 Å². The molecule has 0 aromatic carbocycles. The molecule has 0 saturated heterocycles. The Morgan fingerprint density at radius 3 is 2.85 bits per heavy atom. The van der Waals surface area contributed by atoms with Crippen molar-refractivity contribution in [1.82, 2.24) is 10.3 Å². The van der Waals surface area contributed by atoms with E-state index < -0.39 is 0 Å². The maximum atomic E-state index is 11.3. The molecule has 0 aliphatic rings. The highest BCUT2D eigenvalue weighted by molar-refractivity contribution is 7.80. The fourth-order valence-electron chi connectivity index (χ4n) is 1.35. The van der Waals surface area contributed by atoms with Crippen molar-refractivity contribution in [2.24, 2.45) is 0 Å². The van der Waals surface area contributed by atoms with Gasteiger partial charge >= 0.3 is 5.97 Å². The largest absolute Gasteiger partial charge is 0.466 e. The van der Waals surface area contributed by atoms with Crippen LogP contribution in [0.25, 0.3) is 0 Å². The van der Waals surface area contributed by atoms with Gasteiger partial charge in [-0.05, 0) is 25.6 Å². The van der Waals surface area contributed by atoms with Gasteiger partial charge in [0.05, 0.1) is 18.7 Å². The predicted molar refractivity (Wildman–Crippen MR) is 81.7 cm³/mol. The van der Waals surface area contributed by atoms with Crippen molar-refractivity contribution < 1.29 is 14.3 Å². The van der Waals surface area contributed by atoms with Crippen LogP contribution < -0.4 is 10.6 Å². The van der Waals surface area contributed by atoms with E-state index in [9.17, 15) is 9.59 Å². The van der Waals surface area contributed by atoms with E-state index in [0.29, 0.717) is 23.9 Å². The molecule has 110 valence electrons. The van der Waals surface area contributed by atoms with E-state index in [1.54, 1.807) is 12.3 Å². The molecule has 0 saturated carbocycles. The maximum Gasteiger partial charge on any atom is 0.311 e. The first-order chi connectivity index (χ1) is 9.55. The third-order valence-electron chi connectivity index (χ3n) is 2.13. The number of ether oxygens (including phenoxy) is 1. The van der Waals surface area contributed by atoms with E-state index in [0.717, 1.165) is 6.42 Å². The van der Waals surface area contributed by atoms with Gasteiger partial charge in [0.2, 0.25) is 5.91 Å². The Morgan fingerprint density at radius 1 is 1.45 bits per heavy atom. The summed E-state index contributed by atoms with van der Waals surface area (Å²) in [5.74, 6) is -0.448. The molecular formula is C12H17N3O3S2. The third-order valence-corrected chi connectivity index (χ3v) is 3.14. The summed E-state index contributed by atoms with van der Waals surface area (Å²) in [6.45, 7) is 4.02. The number of carbonyl (C=O) groups excluding carboxylic acids is 2. The van der Waals surface area contributed by atoms with Crippen LogP contribution in [0.5, 0.6) is 0 Å². The molecule has 0 aliphatic heterocycles. The second-order valence-corrected chi connectivity index (χ2v) is 5.14. The van der Waals surface area contributed by atoms with Gasteiger partial charge in [0.25, 0.3) is 0 Å². The van der Waals surface area contributed by atoms with Crippen LogP contribution in [0.1, 0.15) is 32.4 Å². The summed E-state index contributed by atoms with van der Waals surface area (Å²) in [5, 5.41) is 7.86. The summed E-state index contributed by atoms with van der Waals surface area (Å²) >= 11 is 6.31. The van der Waals surface area contributed by atoms with E-state index >= 15 is 0 Å². The number of thiazole rings is 1. The lowest BCUT2D eigenvalue weighted by molar-refractivity contribution is -0.142. The highest BCUT2D eigenvalue weighted by Gasteiger charge is 2.10. The number of esters is 1. The summed E-state index contributed by atoms with van der Waals surface area (Å²) in [5.41, 5.74) is 0.610. The van der Waals surface area contributed by atoms with Crippen LogP contribution in [0.2, 0.25) is 0 Å². The molecule has 0 atom stereocenters. The standard InChI is InChI=1S/C12H17N3O3S2/c1-3-5-9(16)14-11(19)15-12-13-8(7-20-12)6-10(17)18-4-2/h7H,3-6H2,1-2H3,(H2,13,14,15,16,19). The number of hydrogen-bond acceptors (Lipinski definition) is 6. The Morgan fingerprint density at radius 2 is 2.20 bits per heavy atom. The first kappa shape index (κ1) is 16.5. The van der Waals surface area contributed by atoms with Gasteiger partial charge in [-0.15, -0.1) is 11.3 Å². The molecule has 6 nitrogen and oxygen atoms in total. The smallest absolute Gasteiger partial charge is 0.311 e. The number of nitrogens with zero attached hydrogens (tertiary/aromatic N) is 1. The zero-order valence-corrected chi connectivity index (χ0v) is 13.0. The zero-order valence-electron chi connectivity index (χ0n) is 11.4. The quantitative estimate of drug-likeness (QED) is 0.616. The summed E-state index contributed by atoms with van der Waals surface area (Å²) in [6, 6.07) is 0. The fraction of sp³-hybridized carbons (Fsp3) is 0.500. The molecule has 1 heterocycles. The summed E-state index contributed by atoms with van der Waals surface area (Å²) in [6.07, 6.45) is 1.31. The number of rotatable bonds is 6. The molecule has 1 amide bonds. The van der Waals surface area contributed by atoms with Gasteiger partial charge in [0.15, 0.2) is 10.2 Å². The molecule has 0 spiro atoms. The maximum absolute atomic E-state index is 11.3. The molecule has 20 heavy (non-hydrogen) atoms. The van der Waals surface area contributed by atoms with Gasteiger partial charge < -0.3 is 15.4 Å². The molecular weight excluding hydrogens is 298 g/mol. The Bertz CT molecular complexity index is 488. The molecule has 8 heteroatoms. The van der Waals surface area contributed by atoms with Crippen molar-refractivity contribution in [3.8, 4) is 0 Å². The van der Waals surface area contributed by atoms with Crippen LogP contribution >= 0.6 is 23.6 Å². The van der Waals surface area contributed by atoms with Gasteiger partial charge in [-0.3, -0.25) is 9.59 Å². The van der Waals surface area contributed by atoms with Gasteiger partial charge in [-0.2, -0.15) is 0 Å². The normalized spacial score (nSPS) is 9.90. The second kappa shape index (κ2) is 8.60. The van der Waals surface area contributed by atoms with Gasteiger partial charge in [0.1, 0.15) is 0 Å². The molecule has 0 fully saturated rings. The lowest BCUT2D eigenvalue weighted by Gasteiger charge is -2.05. The molecule has 0 radical (unpaired) electrons. The molecule has 0 unspecified atom stereocenters. The molecule has 0 aliphatic carbocycles. The number of thiocarbonyl (C=S) groups is 1. The highest BCUT2D eigenvalue weighted by Crippen LogP contribution is 2.16. The van der Waals surface area contributed by atoms with E-state index in [-0.39, 0.29) is 23.4 Å². The van der Waals surface area contributed by atoms with Crippen LogP contribution in [0, 0.1) is 0 Å². The number of hydrogen-bond donors (Lipinski definition) is 2. The zero-order chi connectivity index (χ0) is 15.0. The lowest BCUT2D eigenvalue weighted by atomic mass is 10.3. The monoisotopic (exact) mass is 315 g/mol. The summed E-state index contributed by atoms with van der Waals surface area (Å²) in [7, 11) is 0. The van der Waals surface area contributed by atoms with Gasteiger partial charge in [-0.25, -0.2) is 4.98 Å². The summed E-state index contributed by atoms with van der Waals surface area (Å²) in [4.78, 5) is 26.8. The Kier molecular flexibility index (Phi) is 7.10. The first-order valence-corrected chi connectivity index (χ1v) is 7.54. The minimum Gasteiger partial charge on any atom is -0.466 e. The number of carbonyl (C=O) groups is 2. The Hall–Kier alpha value is -1.54. The predicted octanol–water partition coefficient (Wildman–Crippen LogP) is 1.86. The highest BCUT2D eigenvalue weighted by atomic mass is 32.1. The van der Waals surface area contributed by atoms with Gasteiger partial charge in [0, 0.05) is 11.8 Å².